The van der Waals surface area contributed by atoms with Crippen LogP contribution in [-0.4, -0.2) is 61.3 Å². The van der Waals surface area contributed by atoms with Crippen LogP contribution in [0.4, 0.5) is 0 Å². The molecule has 2 aromatic heterocycles. The van der Waals surface area contributed by atoms with Gasteiger partial charge in [-0.15, -0.1) is 11.3 Å². The summed E-state index contributed by atoms with van der Waals surface area (Å²) in [5.41, 5.74) is 1.21. The summed E-state index contributed by atoms with van der Waals surface area (Å²) in [4.78, 5) is 19.5. The Morgan fingerprint density at radius 2 is 2.03 bits per heavy atom. The molecule has 1 amide bonds. The van der Waals surface area contributed by atoms with Gasteiger partial charge in [-0.25, -0.2) is 4.98 Å². The Bertz CT molecular complexity index is 1030. The fourth-order valence-electron chi connectivity index (χ4n) is 3.36. The third-order valence-electron chi connectivity index (χ3n) is 5.23. The molecule has 0 aliphatic heterocycles. The van der Waals surface area contributed by atoms with Gasteiger partial charge in [-0.2, -0.15) is 0 Å². The van der Waals surface area contributed by atoms with Crippen molar-refractivity contribution in [3.63, 3.8) is 0 Å². The number of imidazole rings is 1. The molecule has 3 aromatic rings. The summed E-state index contributed by atoms with van der Waals surface area (Å²) in [7, 11) is 5.40. The number of carbonyl (C=O) groups excluding carboxylic acids is 1. The number of thiophene rings is 1. The van der Waals surface area contributed by atoms with Crippen molar-refractivity contribution in [3.05, 3.63) is 65.6 Å². The summed E-state index contributed by atoms with van der Waals surface area (Å²) >= 11 is 1.66. The van der Waals surface area contributed by atoms with Crippen LogP contribution in [0.5, 0.6) is 11.5 Å². The molecule has 2 heterocycles. The molecule has 0 fully saturated rings. The fourth-order valence-corrected chi connectivity index (χ4v) is 4.25. The smallest absolute Gasteiger partial charge is 0.223 e. The second kappa shape index (κ2) is 12.8. The quantitative estimate of drug-likeness (QED) is 0.384. The first-order valence-electron chi connectivity index (χ1n) is 11.0. The molecular weight excluding hydrogens is 436 g/mol. The van der Waals surface area contributed by atoms with Crippen molar-refractivity contribution in [2.75, 3.05) is 40.9 Å². The highest BCUT2D eigenvalue weighted by molar-refractivity contribution is 7.15. The number of nitrogens with zero attached hydrogens (tertiary/aromatic N) is 3. The second-order valence-corrected chi connectivity index (χ2v) is 8.79. The topological polar surface area (TPSA) is 68.6 Å². The minimum Gasteiger partial charge on any atom is -0.493 e. The third kappa shape index (κ3) is 7.76. The molecule has 8 heteroatoms. The highest BCUT2D eigenvalue weighted by Gasteiger charge is 2.06. The number of aromatic nitrogens is 2. The number of amides is 1. The zero-order valence-corrected chi connectivity index (χ0v) is 20.3. The maximum Gasteiger partial charge on any atom is 0.223 e. The van der Waals surface area contributed by atoms with Crippen molar-refractivity contribution < 1.29 is 14.3 Å². The molecule has 33 heavy (non-hydrogen) atoms. The molecule has 7 nitrogen and oxygen atoms in total. The number of nitrogens with one attached hydrogen (secondary N) is 1. The van der Waals surface area contributed by atoms with E-state index in [4.69, 9.17) is 9.47 Å². The minimum atomic E-state index is 0.0469. The minimum absolute atomic E-state index is 0.0469. The van der Waals surface area contributed by atoms with Crippen LogP contribution in [0.3, 0.4) is 0 Å². The molecule has 1 aromatic carbocycles. The van der Waals surface area contributed by atoms with Gasteiger partial charge in [0.2, 0.25) is 5.91 Å². The first kappa shape index (κ1) is 24.5. The van der Waals surface area contributed by atoms with Gasteiger partial charge < -0.3 is 19.7 Å². The first-order valence-corrected chi connectivity index (χ1v) is 11.8. The lowest BCUT2D eigenvalue weighted by Gasteiger charge is -2.17. The van der Waals surface area contributed by atoms with Gasteiger partial charge in [0, 0.05) is 36.8 Å². The molecule has 0 bridgehead atoms. The van der Waals surface area contributed by atoms with E-state index in [1.165, 1.54) is 5.56 Å². The largest absolute Gasteiger partial charge is 0.493 e. The fraction of sp³-hybridized carbons (Fsp3) is 0.360. The highest BCUT2D eigenvalue weighted by Crippen LogP contribution is 2.27. The average Bonchev–Trinajstić information content (AvgIpc) is 3.52. The number of carbonyl (C=O) groups is 1. The van der Waals surface area contributed by atoms with Crippen LogP contribution in [-0.2, 0) is 11.2 Å². The van der Waals surface area contributed by atoms with Crippen LogP contribution in [0.15, 0.2) is 55.1 Å². The second-order valence-electron chi connectivity index (χ2n) is 7.70. The summed E-state index contributed by atoms with van der Waals surface area (Å²) in [5.74, 6) is 1.55. The zero-order valence-electron chi connectivity index (χ0n) is 19.5. The van der Waals surface area contributed by atoms with Crippen molar-refractivity contribution in [3.8, 4) is 16.5 Å². The Morgan fingerprint density at radius 3 is 2.79 bits per heavy atom. The Morgan fingerprint density at radius 1 is 1.18 bits per heavy atom. The molecule has 0 aliphatic carbocycles. The van der Waals surface area contributed by atoms with Gasteiger partial charge in [-0.3, -0.25) is 9.36 Å². The highest BCUT2D eigenvalue weighted by atomic mass is 32.1. The predicted octanol–water partition coefficient (Wildman–Crippen LogP) is 4.04. The normalized spacial score (nSPS) is 11.3. The van der Waals surface area contributed by atoms with Crippen molar-refractivity contribution >= 4 is 23.3 Å². The molecule has 0 saturated heterocycles. The zero-order chi connectivity index (χ0) is 23.5. The molecule has 0 saturated carbocycles. The van der Waals surface area contributed by atoms with Crippen molar-refractivity contribution in [1.82, 2.24) is 19.8 Å². The predicted molar refractivity (Wildman–Crippen MR) is 133 cm³/mol. The van der Waals surface area contributed by atoms with Gasteiger partial charge in [-0.1, -0.05) is 12.1 Å². The summed E-state index contributed by atoms with van der Waals surface area (Å²) in [6.45, 7) is 2.54. The summed E-state index contributed by atoms with van der Waals surface area (Å²) < 4.78 is 12.6. The Hall–Kier alpha value is -3.10. The summed E-state index contributed by atoms with van der Waals surface area (Å²) in [6.07, 6.45) is 11.6. The van der Waals surface area contributed by atoms with Crippen molar-refractivity contribution in [2.45, 2.75) is 19.3 Å². The van der Waals surface area contributed by atoms with Crippen LogP contribution in [0.1, 0.15) is 23.3 Å². The first-order chi connectivity index (χ1) is 16.1. The summed E-state index contributed by atoms with van der Waals surface area (Å²) in [6, 6.07) is 10.1. The van der Waals surface area contributed by atoms with E-state index in [-0.39, 0.29) is 5.91 Å². The van der Waals surface area contributed by atoms with Gasteiger partial charge >= 0.3 is 0 Å². The van der Waals surface area contributed by atoms with Crippen LogP contribution in [0.25, 0.3) is 11.1 Å². The number of benzene rings is 1. The lowest BCUT2D eigenvalue weighted by atomic mass is 10.1. The van der Waals surface area contributed by atoms with Crippen LogP contribution in [0.2, 0.25) is 0 Å². The lowest BCUT2D eigenvalue weighted by molar-refractivity contribution is -0.120. The number of hydrogen-bond donors (Lipinski definition) is 1. The molecule has 3 rings (SSSR count). The Balaban J connectivity index is 1.29. The molecule has 0 atom stereocenters. The van der Waals surface area contributed by atoms with Gasteiger partial charge in [0.05, 0.1) is 20.5 Å². The number of hydrogen-bond acceptors (Lipinski definition) is 6. The van der Waals surface area contributed by atoms with E-state index in [1.54, 1.807) is 38.1 Å². The van der Waals surface area contributed by atoms with E-state index in [0.717, 1.165) is 47.3 Å². The van der Waals surface area contributed by atoms with E-state index in [2.05, 4.69) is 28.3 Å². The number of ether oxygens (including phenoxy) is 2. The third-order valence-corrected chi connectivity index (χ3v) is 6.29. The Kier molecular flexibility index (Phi) is 9.53. The van der Waals surface area contributed by atoms with Gasteiger partial charge in [0.15, 0.2) is 11.5 Å². The Labute approximate surface area is 199 Å². The standard InChI is InChI=1S/C25H32N4O3S/c1-28(16-12-20-8-10-22(31-2)23(18-20)32-3)15-5-13-27-24(30)7-4-6-21-9-11-25(33-21)29-17-14-26-19-29/h4,6,8-11,14,17-19H,5,7,12-13,15-16H2,1-3H3,(H,27,30). The summed E-state index contributed by atoms with van der Waals surface area (Å²) in [5, 5.41) is 4.10. The lowest BCUT2D eigenvalue weighted by Crippen LogP contribution is -2.28. The molecule has 0 aliphatic rings. The van der Waals surface area contributed by atoms with E-state index in [9.17, 15) is 4.79 Å². The van der Waals surface area contributed by atoms with Crippen LogP contribution >= 0.6 is 11.3 Å². The molecule has 0 unspecified atom stereocenters. The maximum absolute atomic E-state index is 12.1. The number of likely N-dealkylation sites (N-methyl/N-ethyl adjacent to an activating group) is 1. The molecular formula is C25H32N4O3S. The van der Waals surface area contributed by atoms with E-state index in [0.29, 0.717) is 13.0 Å². The molecule has 1 N–H and O–H groups in total. The van der Waals surface area contributed by atoms with E-state index < -0.39 is 0 Å². The van der Waals surface area contributed by atoms with E-state index in [1.807, 2.05) is 47.2 Å². The van der Waals surface area contributed by atoms with Gasteiger partial charge in [0.1, 0.15) is 5.00 Å². The molecule has 176 valence electrons. The van der Waals surface area contributed by atoms with Crippen molar-refractivity contribution in [2.24, 2.45) is 0 Å². The van der Waals surface area contributed by atoms with Gasteiger partial charge in [0.25, 0.3) is 0 Å². The molecule has 0 radical (unpaired) electrons. The monoisotopic (exact) mass is 468 g/mol. The average molecular weight is 469 g/mol. The SMILES string of the molecule is COc1ccc(CCN(C)CCCNC(=O)CC=Cc2ccc(-n3ccnc3)s2)cc1OC. The van der Waals surface area contributed by atoms with Gasteiger partial charge in [-0.05, 0) is 62.3 Å². The molecule has 0 spiro atoms. The van der Waals surface area contributed by atoms with Crippen molar-refractivity contribution in [1.29, 1.82) is 0 Å². The number of methoxy groups -OCH3 is 2. The van der Waals surface area contributed by atoms with Crippen LogP contribution in [0, 0.1) is 0 Å². The van der Waals surface area contributed by atoms with E-state index >= 15 is 0 Å². The maximum atomic E-state index is 12.1. The number of rotatable bonds is 13. The van der Waals surface area contributed by atoms with Crippen LogP contribution < -0.4 is 14.8 Å².